The van der Waals surface area contributed by atoms with Crippen molar-refractivity contribution in [3.05, 3.63) is 22.7 Å². The molecule has 1 saturated heterocycles. The molecule has 2 rings (SSSR count). The van der Waals surface area contributed by atoms with Gasteiger partial charge in [-0.15, -0.1) is 0 Å². The van der Waals surface area contributed by atoms with Crippen LogP contribution in [0.15, 0.2) is 16.9 Å². The molecule has 5 heteroatoms. The number of anilines is 1. The molecule has 0 spiro atoms. The van der Waals surface area contributed by atoms with Crippen molar-refractivity contribution in [1.29, 1.82) is 0 Å². The topological polar surface area (TPSA) is 42.1 Å². The number of rotatable bonds is 1. The summed E-state index contributed by atoms with van der Waals surface area (Å²) < 4.78 is 13.4. The zero-order chi connectivity index (χ0) is 10.1. The van der Waals surface area contributed by atoms with Crippen LogP contribution in [0.1, 0.15) is 12.8 Å². The van der Waals surface area contributed by atoms with Gasteiger partial charge in [-0.1, -0.05) is 0 Å². The number of nitrogens with two attached hydrogens (primary N) is 1. The first-order valence-corrected chi connectivity index (χ1v) is 5.31. The predicted octanol–water partition coefficient (Wildman–Crippen LogP) is 1.87. The van der Waals surface area contributed by atoms with E-state index in [-0.39, 0.29) is 16.6 Å². The fourth-order valence-corrected chi connectivity index (χ4v) is 1.90. The highest BCUT2D eigenvalue weighted by Crippen LogP contribution is 2.24. The zero-order valence-corrected chi connectivity index (χ0v) is 9.17. The number of pyridine rings is 1. The van der Waals surface area contributed by atoms with Crippen LogP contribution in [0.5, 0.6) is 0 Å². The fourth-order valence-electron chi connectivity index (χ4n) is 1.68. The van der Waals surface area contributed by atoms with Crippen LogP contribution in [0, 0.1) is 5.82 Å². The summed E-state index contributed by atoms with van der Waals surface area (Å²) in [6.07, 6.45) is 3.65. The molecule has 1 atom stereocenters. The van der Waals surface area contributed by atoms with Crippen molar-refractivity contribution in [2.45, 2.75) is 19.0 Å². The first kappa shape index (κ1) is 9.86. The van der Waals surface area contributed by atoms with Gasteiger partial charge < -0.3 is 10.6 Å². The van der Waals surface area contributed by atoms with Crippen LogP contribution in [-0.4, -0.2) is 17.7 Å². The van der Waals surface area contributed by atoms with E-state index in [1.54, 1.807) is 6.20 Å². The van der Waals surface area contributed by atoms with E-state index in [1.165, 1.54) is 6.07 Å². The fraction of sp³-hybridized carbons (Fsp3) is 0.444. The lowest BCUT2D eigenvalue weighted by molar-refractivity contribution is 0.610. The summed E-state index contributed by atoms with van der Waals surface area (Å²) in [6.45, 7) is 0.879. The minimum atomic E-state index is -0.346. The van der Waals surface area contributed by atoms with Gasteiger partial charge in [0.25, 0.3) is 0 Å². The van der Waals surface area contributed by atoms with Gasteiger partial charge in [0.2, 0.25) is 0 Å². The molecular formula is C9H11BrFN3. The number of halogens is 2. The molecule has 2 heterocycles. The Hall–Kier alpha value is -0.680. The average Bonchev–Trinajstić information content (AvgIpc) is 2.57. The van der Waals surface area contributed by atoms with Crippen LogP contribution in [0.2, 0.25) is 0 Å². The monoisotopic (exact) mass is 259 g/mol. The molecule has 76 valence electrons. The highest BCUT2D eigenvalue weighted by molar-refractivity contribution is 9.10. The van der Waals surface area contributed by atoms with Crippen LogP contribution in [-0.2, 0) is 0 Å². The lowest BCUT2D eigenvalue weighted by Crippen LogP contribution is -2.36. The molecule has 0 aliphatic carbocycles. The van der Waals surface area contributed by atoms with Gasteiger partial charge in [-0.2, -0.15) is 0 Å². The van der Waals surface area contributed by atoms with Crippen LogP contribution in [0.3, 0.4) is 0 Å². The van der Waals surface area contributed by atoms with E-state index in [2.05, 4.69) is 20.9 Å². The Kier molecular flexibility index (Phi) is 2.69. The Bertz CT molecular complexity index is 345. The van der Waals surface area contributed by atoms with E-state index in [4.69, 9.17) is 5.73 Å². The molecule has 14 heavy (non-hydrogen) atoms. The molecule has 0 bridgehead atoms. The Morgan fingerprint density at radius 3 is 3.00 bits per heavy atom. The Morgan fingerprint density at radius 2 is 2.43 bits per heavy atom. The molecule has 1 aromatic heterocycles. The normalized spacial score (nSPS) is 21.6. The largest absolute Gasteiger partial charge is 0.355 e. The molecule has 0 aromatic carbocycles. The lowest BCUT2D eigenvalue weighted by atomic mass is 10.3. The highest BCUT2D eigenvalue weighted by atomic mass is 79.9. The van der Waals surface area contributed by atoms with E-state index < -0.39 is 0 Å². The van der Waals surface area contributed by atoms with E-state index in [1.807, 2.05) is 4.90 Å². The molecular weight excluding hydrogens is 249 g/mol. The molecule has 1 unspecified atom stereocenters. The molecule has 2 N–H and O–H groups in total. The van der Waals surface area contributed by atoms with Crippen LogP contribution < -0.4 is 10.6 Å². The van der Waals surface area contributed by atoms with E-state index in [0.717, 1.165) is 25.1 Å². The minimum Gasteiger partial charge on any atom is -0.355 e. The van der Waals surface area contributed by atoms with Gasteiger partial charge in [0.05, 0.1) is 18.1 Å². The lowest BCUT2D eigenvalue weighted by Gasteiger charge is -2.22. The molecule has 0 amide bonds. The quantitative estimate of drug-likeness (QED) is 0.784. The first-order chi connectivity index (χ1) is 6.68. The molecule has 1 fully saturated rings. The number of hydrogen-bond acceptors (Lipinski definition) is 3. The van der Waals surface area contributed by atoms with Gasteiger partial charge >= 0.3 is 0 Å². The van der Waals surface area contributed by atoms with Gasteiger partial charge in [0.15, 0.2) is 5.82 Å². The second-order valence-electron chi connectivity index (χ2n) is 3.37. The molecule has 1 aliphatic heterocycles. The van der Waals surface area contributed by atoms with Crippen LogP contribution in [0.25, 0.3) is 0 Å². The summed E-state index contributed by atoms with van der Waals surface area (Å²) in [7, 11) is 0. The number of hydrogen-bond donors (Lipinski definition) is 1. The van der Waals surface area contributed by atoms with Gasteiger partial charge in [0.1, 0.15) is 4.60 Å². The number of nitrogens with zero attached hydrogens (tertiary/aromatic N) is 2. The Morgan fingerprint density at radius 1 is 1.64 bits per heavy atom. The van der Waals surface area contributed by atoms with Crippen molar-refractivity contribution in [3.63, 3.8) is 0 Å². The third-order valence-electron chi connectivity index (χ3n) is 2.41. The van der Waals surface area contributed by atoms with Gasteiger partial charge in [-0.3, -0.25) is 0 Å². The molecule has 0 radical (unpaired) electrons. The summed E-state index contributed by atoms with van der Waals surface area (Å²) in [5, 5.41) is 0. The zero-order valence-electron chi connectivity index (χ0n) is 7.58. The Labute approximate surface area is 90.2 Å². The standard InChI is InChI=1S/C9H11BrFN3/c10-9-7(11)4-6(5-13-9)14-3-1-2-8(14)12/h4-5,8H,1-3,12H2. The number of aromatic nitrogens is 1. The maximum absolute atomic E-state index is 13.2. The SMILES string of the molecule is NC1CCCN1c1cnc(Br)c(F)c1. The molecule has 0 saturated carbocycles. The molecule has 3 nitrogen and oxygen atoms in total. The summed E-state index contributed by atoms with van der Waals surface area (Å²) in [4.78, 5) is 5.88. The summed E-state index contributed by atoms with van der Waals surface area (Å²) in [5.74, 6) is -0.346. The van der Waals surface area contributed by atoms with Crippen molar-refractivity contribution in [1.82, 2.24) is 4.98 Å². The third kappa shape index (κ3) is 1.74. The highest BCUT2D eigenvalue weighted by Gasteiger charge is 2.21. The summed E-state index contributed by atoms with van der Waals surface area (Å²) in [6, 6.07) is 1.46. The van der Waals surface area contributed by atoms with Crippen molar-refractivity contribution in [2.75, 3.05) is 11.4 Å². The van der Waals surface area contributed by atoms with Crippen molar-refractivity contribution in [2.24, 2.45) is 5.73 Å². The first-order valence-electron chi connectivity index (χ1n) is 4.52. The predicted molar refractivity (Wildman–Crippen MR) is 56.5 cm³/mol. The van der Waals surface area contributed by atoms with Crippen LogP contribution >= 0.6 is 15.9 Å². The van der Waals surface area contributed by atoms with Crippen molar-refractivity contribution < 1.29 is 4.39 Å². The van der Waals surface area contributed by atoms with E-state index in [0.29, 0.717) is 0 Å². The molecule has 1 aliphatic rings. The second kappa shape index (κ2) is 3.82. The second-order valence-corrected chi connectivity index (χ2v) is 4.12. The van der Waals surface area contributed by atoms with Gasteiger partial charge in [-0.25, -0.2) is 9.37 Å². The maximum atomic E-state index is 13.2. The van der Waals surface area contributed by atoms with Gasteiger partial charge in [0, 0.05) is 12.6 Å². The van der Waals surface area contributed by atoms with Crippen molar-refractivity contribution in [3.8, 4) is 0 Å². The maximum Gasteiger partial charge on any atom is 0.158 e. The minimum absolute atomic E-state index is 0.00243. The van der Waals surface area contributed by atoms with E-state index in [9.17, 15) is 4.39 Å². The molecule has 1 aromatic rings. The van der Waals surface area contributed by atoms with Gasteiger partial charge in [-0.05, 0) is 28.8 Å². The average molecular weight is 260 g/mol. The summed E-state index contributed by atoms with van der Waals surface area (Å²) in [5.41, 5.74) is 6.62. The summed E-state index contributed by atoms with van der Waals surface area (Å²) >= 11 is 3.02. The van der Waals surface area contributed by atoms with E-state index >= 15 is 0 Å². The Balaban J connectivity index is 2.28. The van der Waals surface area contributed by atoms with Crippen LogP contribution in [0.4, 0.5) is 10.1 Å². The third-order valence-corrected chi connectivity index (χ3v) is 3.00. The van der Waals surface area contributed by atoms with Crippen molar-refractivity contribution >= 4 is 21.6 Å². The smallest absolute Gasteiger partial charge is 0.158 e.